The Labute approximate surface area is 120 Å². The zero-order valence-corrected chi connectivity index (χ0v) is 12.3. The van der Waals surface area contributed by atoms with Gasteiger partial charge in [0, 0.05) is 0 Å². The topological polar surface area (TPSA) is 99.4 Å². The van der Waals surface area contributed by atoms with Crippen molar-refractivity contribution in [3.05, 3.63) is 0 Å². The predicted molar refractivity (Wildman–Crippen MR) is 73.1 cm³/mol. The lowest BCUT2D eigenvalue weighted by Gasteiger charge is -2.40. The van der Waals surface area contributed by atoms with E-state index in [9.17, 15) is 15.3 Å². The van der Waals surface area contributed by atoms with E-state index in [4.69, 9.17) is 14.6 Å². The highest BCUT2D eigenvalue weighted by Crippen LogP contribution is 2.24. The van der Waals surface area contributed by atoms with Crippen molar-refractivity contribution >= 4 is 0 Å². The van der Waals surface area contributed by atoms with Crippen molar-refractivity contribution in [3.63, 3.8) is 0 Å². The molecule has 4 N–H and O–H groups in total. The summed E-state index contributed by atoms with van der Waals surface area (Å²) >= 11 is 0. The molecule has 1 fully saturated rings. The van der Waals surface area contributed by atoms with Crippen LogP contribution < -0.4 is 0 Å². The molecule has 6 nitrogen and oxygen atoms in total. The van der Waals surface area contributed by atoms with Crippen LogP contribution in [-0.2, 0) is 9.47 Å². The summed E-state index contributed by atoms with van der Waals surface area (Å²) in [5.74, 6) is 0. The first-order chi connectivity index (χ1) is 9.54. The SMILES string of the molecule is CCCCCC(CC)O[C@@H]1O[C@H](CO)[C@@H](O)[C@H](O)[C@H]1O. The summed E-state index contributed by atoms with van der Waals surface area (Å²) in [6.07, 6.45) is -1.11. The van der Waals surface area contributed by atoms with Crippen molar-refractivity contribution < 1.29 is 29.9 Å². The number of ether oxygens (including phenoxy) is 2. The fraction of sp³-hybridized carbons (Fsp3) is 1.00. The van der Waals surface area contributed by atoms with Crippen molar-refractivity contribution in [2.45, 2.75) is 82.8 Å². The molecule has 0 aromatic rings. The fourth-order valence-electron chi connectivity index (χ4n) is 2.36. The van der Waals surface area contributed by atoms with Crippen LogP contribution in [0.4, 0.5) is 0 Å². The largest absolute Gasteiger partial charge is 0.394 e. The third-order valence-electron chi connectivity index (χ3n) is 3.76. The van der Waals surface area contributed by atoms with Gasteiger partial charge in [-0.15, -0.1) is 0 Å². The van der Waals surface area contributed by atoms with Crippen LogP contribution in [-0.4, -0.2) is 63.8 Å². The highest BCUT2D eigenvalue weighted by Gasteiger charge is 2.44. The Hall–Kier alpha value is -0.240. The van der Waals surface area contributed by atoms with Crippen molar-refractivity contribution in [2.24, 2.45) is 0 Å². The van der Waals surface area contributed by atoms with E-state index in [2.05, 4.69) is 6.92 Å². The molecule has 0 bridgehead atoms. The molecule has 0 aliphatic carbocycles. The van der Waals surface area contributed by atoms with Crippen LogP contribution >= 0.6 is 0 Å². The summed E-state index contributed by atoms with van der Waals surface area (Å²) < 4.78 is 11.0. The van der Waals surface area contributed by atoms with Crippen LogP contribution in [0.1, 0.15) is 46.0 Å². The van der Waals surface area contributed by atoms with Gasteiger partial charge in [0.15, 0.2) is 6.29 Å². The lowest BCUT2D eigenvalue weighted by atomic mass is 9.99. The molecule has 6 atom stereocenters. The molecule has 1 saturated heterocycles. The second kappa shape index (κ2) is 8.92. The van der Waals surface area contributed by atoms with Gasteiger partial charge >= 0.3 is 0 Å². The number of aliphatic hydroxyl groups is 4. The monoisotopic (exact) mass is 292 g/mol. The van der Waals surface area contributed by atoms with Crippen LogP contribution in [0, 0.1) is 0 Å². The Kier molecular flexibility index (Phi) is 7.94. The molecule has 6 heteroatoms. The standard InChI is InChI=1S/C14H28O6/c1-3-5-6-7-9(4-2)19-14-13(18)12(17)11(16)10(8-15)20-14/h9-18H,3-8H2,1-2H3/t9?,10-,11-,12+,13-,14-/m1/s1. The molecule has 0 aromatic carbocycles. The number of hydrogen-bond acceptors (Lipinski definition) is 6. The Morgan fingerprint density at radius 3 is 2.30 bits per heavy atom. The van der Waals surface area contributed by atoms with E-state index in [1.54, 1.807) is 0 Å². The molecule has 1 unspecified atom stereocenters. The molecule has 120 valence electrons. The molecule has 1 aliphatic heterocycles. The molecular formula is C14H28O6. The van der Waals surface area contributed by atoms with Gasteiger partial charge in [-0.25, -0.2) is 0 Å². The van der Waals surface area contributed by atoms with Gasteiger partial charge in [-0.1, -0.05) is 33.1 Å². The summed E-state index contributed by atoms with van der Waals surface area (Å²) in [6, 6.07) is 0. The Morgan fingerprint density at radius 1 is 1.05 bits per heavy atom. The molecule has 20 heavy (non-hydrogen) atoms. The molecule has 0 amide bonds. The summed E-state index contributed by atoms with van der Waals surface area (Å²) in [7, 11) is 0. The first-order valence-electron chi connectivity index (χ1n) is 7.51. The number of rotatable bonds is 8. The minimum atomic E-state index is -1.38. The molecular weight excluding hydrogens is 264 g/mol. The van der Waals surface area contributed by atoms with E-state index in [0.717, 1.165) is 32.1 Å². The maximum atomic E-state index is 9.90. The van der Waals surface area contributed by atoms with Gasteiger partial charge in [0.2, 0.25) is 0 Å². The molecule has 0 spiro atoms. The highest BCUT2D eigenvalue weighted by molar-refractivity contribution is 4.89. The highest BCUT2D eigenvalue weighted by atomic mass is 16.7. The minimum absolute atomic E-state index is 0.0667. The molecule has 0 radical (unpaired) electrons. The van der Waals surface area contributed by atoms with Crippen LogP contribution in [0.5, 0.6) is 0 Å². The third-order valence-corrected chi connectivity index (χ3v) is 3.76. The van der Waals surface area contributed by atoms with E-state index in [1.165, 1.54) is 0 Å². The van der Waals surface area contributed by atoms with Gasteiger partial charge in [-0.3, -0.25) is 0 Å². The van der Waals surface area contributed by atoms with Crippen LogP contribution in [0.2, 0.25) is 0 Å². The van der Waals surface area contributed by atoms with Crippen LogP contribution in [0.25, 0.3) is 0 Å². The maximum absolute atomic E-state index is 9.90. The average Bonchev–Trinajstić information content (AvgIpc) is 2.46. The molecule has 1 aliphatic rings. The Balaban J connectivity index is 2.54. The second-order valence-corrected chi connectivity index (χ2v) is 5.36. The summed E-state index contributed by atoms with van der Waals surface area (Å²) in [5, 5.41) is 38.4. The zero-order valence-electron chi connectivity index (χ0n) is 12.3. The first kappa shape index (κ1) is 17.8. The van der Waals surface area contributed by atoms with E-state index < -0.39 is 37.3 Å². The molecule has 0 aromatic heterocycles. The number of hydrogen-bond donors (Lipinski definition) is 4. The molecule has 0 saturated carbocycles. The van der Waals surface area contributed by atoms with Gasteiger partial charge in [-0.2, -0.15) is 0 Å². The van der Waals surface area contributed by atoms with Crippen LogP contribution in [0.15, 0.2) is 0 Å². The summed E-state index contributed by atoms with van der Waals surface area (Å²) in [4.78, 5) is 0. The fourth-order valence-corrected chi connectivity index (χ4v) is 2.36. The van der Waals surface area contributed by atoms with Crippen LogP contribution in [0.3, 0.4) is 0 Å². The molecule has 1 rings (SSSR count). The van der Waals surface area contributed by atoms with E-state index >= 15 is 0 Å². The lowest BCUT2D eigenvalue weighted by molar-refractivity contribution is -0.311. The van der Waals surface area contributed by atoms with Gasteiger partial charge in [-0.05, 0) is 12.8 Å². The van der Waals surface area contributed by atoms with Gasteiger partial charge in [0.05, 0.1) is 12.7 Å². The minimum Gasteiger partial charge on any atom is -0.394 e. The van der Waals surface area contributed by atoms with Gasteiger partial charge < -0.3 is 29.9 Å². The maximum Gasteiger partial charge on any atom is 0.186 e. The van der Waals surface area contributed by atoms with E-state index in [1.807, 2.05) is 6.92 Å². The van der Waals surface area contributed by atoms with Gasteiger partial charge in [0.1, 0.15) is 24.4 Å². The van der Waals surface area contributed by atoms with Crippen molar-refractivity contribution in [1.82, 2.24) is 0 Å². The summed E-state index contributed by atoms with van der Waals surface area (Å²) in [6.45, 7) is 3.68. The normalized spacial score (nSPS) is 36.0. The Morgan fingerprint density at radius 2 is 1.75 bits per heavy atom. The molecule has 1 heterocycles. The number of unbranched alkanes of at least 4 members (excludes halogenated alkanes) is 2. The van der Waals surface area contributed by atoms with Crippen molar-refractivity contribution in [1.29, 1.82) is 0 Å². The average molecular weight is 292 g/mol. The first-order valence-corrected chi connectivity index (χ1v) is 7.51. The lowest BCUT2D eigenvalue weighted by Crippen LogP contribution is -2.59. The smallest absolute Gasteiger partial charge is 0.186 e. The predicted octanol–water partition coefficient (Wildman–Crippen LogP) is 0.162. The zero-order chi connectivity index (χ0) is 15.1. The van der Waals surface area contributed by atoms with Crippen molar-refractivity contribution in [3.8, 4) is 0 Å². The second-order valence-electron chi connectivity index (χ2n) is 5.36. The quantitative estimate of drug-likeness (QED) is 0.476. The van der Waals surface area contributed by atoms with Gasteiger partial charge in [0.25, 0.3) is 0 Å². The summed E-state index contributed by atoms with van der Waals surface area (Å²) in [5.41, 5.74) is 0. The number of aliphatic hydroxyl groups excluding tert-OH is 4. The third kappa shape index (κ3) is 4.65. The van der Waals surface area contributed by atoms with Crippen molar-refractivity contribution in [2.75, 3.05) is 6.61 Å². The van der Waals surface area contributed by atoms with E-state index in [0.29, 0.717) is 0 Å². The Bertz CT molecular complexity index is 260. The van der Waals surface area contributed by atoms with E-state index in [-0.39, 0.29) is 6.10 Å².